The van der Waals surface area contributed by atoms with Gasteiger partial charge in [0.15, 0.2) is 0 Å². The Balaban J connectivity index is 1.87. The summed E-state index contributed by atoms with van der Waals surface area (Å²) < 4.78 is 15.5. The third-order valence-corrected chi connectivity index (χ3v) is 6.11. The Hall–Kier alpha value is -3.57. The number of carbonyl (C=O) groups excluding carboxylic acids is 2. The second-order valence-electron chi connectivity index (χ2n) is 8.55. The average Bonchev–Trinajstić information content (AvgIpc) is 3.16. The molecule has 4 N–H and O–H groups in total. The molecular formula is C25H28FN5O2. The number of nitrogens with zero attached hydrogens (tertiary/aromatic N) is 2. The number of piperidine rings is 1. The summed E-state index contributed by atoms with van der Waals surface area (Å²) in [4.78, 5) is 31.3. The second-order valence-corrected chi connectivity index (χ2v) is 8.55. The lowest BCUT2D eigenvalue weighted by atomic mass is 10.00. The number of nitrogens with two attached hydrogens (primary N) is 1. The molecular weight excluding hydrogens is 421 g/mol. The summed E-state index contributed by atoms with van der Waals surface area (Å²) in [5.74, 6) is 4.55. The van der Waals surface area contributed by atoms with Crippen LogP contribution in [0.2, 0.25) is 0 Å². The van der Waals surface area contributed by atoms with Crippen LogP contribution in [0.15, 0.2) is 24.3 Å². The minimum absolute atomic E-state index is 0.0906. The van der Waals surface area contributed by atoms with E-state index in [1.54, 1.807) is 39.2 Å². The summed E-state index contributed by atoms with van der Waals surface area (Å²) in [5, 5.41) is 4.77. The molecule has 0 bridgehead atoms. The van der Waals surface area contributed by atoms with E-state index < -0.39 is 11.7 Å². The highest BCUT2D eigenvalue weighted by Gasteiger charge is 2.27. The molecule has 2 amide bonds. The molecule has 0 radical (unpaired) electrons. The average molecular weight is 450 g/mol. The van der Waals surface area contributed by atoms with Gasteiger partial charge in [-0.05, 0) is 38.0 Å². The number of rotatable bonds is 5. The molecule has 33 heavy (non-hydrogen) atoms. The highest BCUT2D eigenvalue weighted by Crippen LogP contribution is 2.39. The Morgan fingerprint density at radius 1 is 1.33 bits per heavy atom. The van der Waals surface area contributed by atoms with Crippen LogP contribution >= 0.6 is 0 Å². The van der Waals surface area contributed by atoms with Gasteiger partial charge in [0.25, 0.3) is 11.8 Å². The zero-order valence-electron chi connectivity index (χ0n) is 19.1. The van der Waals surface area contributed by atoms with Crippen molar-refractivity contribution < 1.29 is 14.0 Å². The van der Waals surface area contributed by atoms with E-state index in [9.17, 15) is 9.59 Å². The van der Waals surface area contributed by atoms with E-state index in [0.717, 1.165) is 18.2 Å². The van der Waals surface area contributed by atoms with Gasteiger partial charge in [0.1, 0.15) is 5.82 Å². The van der Waals surface area contributed by atoms with Crippen LogP contribution in [0.4, 0.5) is 10.1 Å². The van der Waals surface area contributed by atoms with Gasteiger partial charge < -0.3 is 25.8 Å². The van der Waals surface area contributed by atoms with E-state index in [1.807, 2.05) is 4.90 Å². The summed E-state index contributed by atoms with van der Waals surface area (Å²) in [5.41, 5.74) is 7.75. The zero-order valence-corrected chi connectivity index (χ0v) is 19.1. The van der Waals surface area contributed by atoms with Crippen LogP contribution in [0.25, 0.3) is 21.8 Å². The van der Waals surface area contributed by atoms with Gasteiger partial charge in [0.2, 0.25) is 0 Å². The smallest absolute Gasteiger partial charge is 0.253 e. The number of hydrogen-bond acceptors (Lipinski definition) is 4. The first-order chi connectivity index (χ1) is 15.8. The van der Waals surface area contributed by atoms with E-state index >= 15 is 4.39 Å². The molecule has 0 aliphatic carbocycles. The second kappa shape index (κ2) is 9.12. The van der Waals surface area contributed by atoms with Crippen LogP contribution in [0.5, 0.6) is 0 Å². The minimum atomic E-state index is -0.710. The van der Waals surface area contributed by atoms with Crippen molar-refractivity contribution in [1.82, 2.24) is 15.2 Å². The number of amides is 2. The number of hydrogen-bond donors (Lipinski definition) is 3. The number of aromatic nitrogens is 1. The molecule has 2 heterocycles. The molecule has 0 unspecified atom stereocenters. The van der Waals surface area contributed by atoms with Crippen LogP contribution in [0.3, 0.4) is 0 Å². The molecule has 1 fully saturated rings. The molecule has 2 aromatic carbocycles. The number of nitrogens with one attached hydrogen (secondary N) is 2. The fourth-order valence-corrected chi connectivity index (χ4v) is 4.56. The molecule has 1 saturated heterocycles. The summed E-state index contributed by atoms with van der Waals surface area (Å²) in [6.07, 6.45) is 1.88. The van der Waals surface area contributed by atoms with Crippen LogP contribution in [-0.2, 0) is 0 Å². The Kier molecular flexibility index (Phi) is 6.25. The lowest BCUT2D eigenvalue weighted by Gasteiger charge is -2.35. The molecule has 8 heteroatoms. The molecule has 7 nitrogen and oxygen atoms in total. The molecule has 0 spiro atoms. The maximum Gasteiger partial charge on any atom is 0.253 e. The number of fused-ring (bicyclic) bond motifs is 3. The normalized spacial score (nSPS) is 16.0. The number of H-pyrrole nitrogens is 1. The fourth-order valence-electron chi connectivity index (χ4n) is 4.56. The lowest BCUT2D eigenvalue weighted by molar-refractivity contribution is 0.0827. The van der Waals surface area contributed by atoms with Crippen molar-refractivity contribution >= 4 is 39.3 Å². The maximum atomic E-state index is 15.5. The fraction of sp³-hybridized carbons (Fsp3) is 0.360. The highest BCUT2D eigenvalue weighted by atomic mass is 19.1. The first-order valence-electron chi connectivity index (χ1n) is 11.0. The molecule has 1 aliphatic rings. The van der Waals surface area contributed by atoms with E-state index in [2.05, 4.69) is 22.1 Å². The summed E-state index contributed by atoms with van der Waals surface area (Å²) in [6, 6.07) is 6.64. The molecule has 172 valence electrons. The maximum absolute atomic E-state index is 15.5. The largest absolute Gasteiger partial charge is 0.367 e. The van der Waals surface area contributed by atoms with Gasteiger partial charge in [-0.15, -0.1) is 5.92 Å². The quantitative estimate of drug-likeness (QED) is 0.522. The Morgan fingerprint density at radius 3 is 2.82 bits per heavy atom. The number of benzene rings is 2. The predicted molar refractivity (Wildman–Crippen MR) is 129 cm³/mol. The SMILES string of the molecule is CC#CCN[C@H]1CCCN(c2c(F)cc(C(N)=O)c3[nH]c4cc(C(=O)N(C)C)ccc4c23)C1. The van der Waals surface area contributed by atoms with Gasteiger partial charge in [-0.2, -0.15) is 0 Å². The van der Waals surface area contributed by atoms with Crippen molar-refractivity contribution in [2.45, 2.75) is 25.8 Å². The molecule has 1 aromatic heterocycles. The Bertz CT molecular complexity index is 1300. The van der Waals surface area contributed by atoms with Gasteiger partial charge in [-0.25, -0.2) is 4.39 Å². The molecule has 1 atom stereocenters. The number of aromatic amines is 1. The van der Waals surface area contributed by atoms with Gasteiger partial charge in [0.05, 0.1) is 23.3 Å². The van der Waals surface area contributed by atoms with Crippen LogP contribution in [0.1, 0.15) is 40.5 Å². The minimum Gasteiger partial charge on any atom is -0.367 e. The first kappa shape index (κ1) is 22.6. The highest BCUT2D eigenvalue weighted by molar-refractivity contribution is 6.20. The van der Waals surface area contributed by atoms with Gasteiger partial charge >= 0.3 is 0 Å². The summed E-state index contributed by atoms with van der Waals surface area (Å²) >= 11 is 0. The van der Waals surface area contributed by atoms with Crippen molar-refractivity contribution in [3.63, 3.8) is 0 Å². The van der Waals surface area contributed by atoms with Crippen molar-refractivity contribution in [3.05, 3.63) is 41.2 Å². The molecule has 1 aliphatic heterocycles. The standard InChI is InChI=1S/C25H28FN5O2/c1-4-5-10-28-16-7-6-11-31(14-16)23-19(26)13-18(24(27)32)22-21(23)17-9-8-15(12-20(17)29-22)25(33)30(2)3/h8-9,12-13,16,28-29H,6-7,10-11,14H2,1-3H3,(H2,27,32)/t16-/m0/s1. The van der Waals surface area contributed by atoms with Crippen LogP contribution in [0, 0.1) is 17.7 Å². The third kappa shape index (κ3) is 4.24. The van der Waals surface area contributed by atoms with Crippen LogP contribution < -0.4 is 16.0 Å². The molecule has 3 aromatic rings. The monoisotopic (exact) mass is 449 g/mol. The first-order valence-corrected chi connectivity index (χ1v) is 11.0. The number of halogens is 1. The van der Waals surface area contributed by atoms with Crippen molar-refractivity contribution in [1.29, 1.82) is 0 Å². The molecule has 0 saturated carbocycles. The summed E-state index contributed by atoms with van der Waals surface area (Å²) in [7, 11) is 3.37. The van der Waals surface area contributed by atoms with Gasteiger partial charge in [0, 0.05) is 55.1 Å². The number of carbonyl (C=O) groups is 2. The van der Waals surface area contributed by atoms with Crippen molar-refractivity contribution in [3.8, 4) is 11.8 Å². The Morgan fingerprint density at radius 2 is 2.12 bits per heavy atom. The topological polar surface area (TPSA) is 94.5 Å². The zero-order chi connectivity index (χ0) is 23.7. The van der Waals surface area contributed by atoms with Crippen LogP contribution in [-0.4, -0.2) is 61.5 Å². The van der Waals surface area contributed by atoms with Gasteiger partial charge in [-0.3, -0.25) is 9.59 Å². The summed E-state index contributed by atoms with van der Waals surface area (Å²) in [6.45, 7) is 3.71. The van der Waals surface area contributed by atoms with E-state index in [4.69, 9.17) is 5.73 Å². The van der Waals surface area contributed by atoms with E-state index in [-0.39, 0.29) is 17.5 Å². The van der Waals surface area contributed by atoms with Crippen molar-refractivity contribution in [2.75, 3.05) is 38.6 Å². The van der Waals surface area contributed by atoms with E-state index in [1.165, 1.54) is 11.0 Å². The predicted octanol–water partition coefficient (Wildman–Crippen LogP) is 2.84. The van der Waals surface area contributed by atoms with Gasteiger partial charge in [-0.1, -0.05) is 12.0 Å². The van der Waals surface area contributed by atoms with E-state index in [0.29, 0.717) is 47.3 Å². The van der Waals surface area contributed by atoms with Crippen molar-refractivity contribution in [2.24, 2.45) is 5.73 Å². The Labute approximate surface area is 192 Å². The number of primary amides is 1. The third-order valence-electron chi connectivity index (χ3n) is 6.11. The number of anilines is 1. The lowest BCUT2D eigenvalue weighted by Crippen LogP contribution is -2.46. The molecule has 4 rings (SSSR count).